The van der Waals surface area contributed by atoms with Gasteiger partial charge in [-0.05, 0) is 84.9 Å². The van der Waals surface area contributed by atoms with Crippen molar-refractivity contribution in [3.63, 3.8) is 0 Å². The van der Waals surface area contributed by atoms with Gasteiger partial charge in [-0.3, -0.25) is 44.1 Å². The molecule has 33 heteroatoms. The number of hydroxylamine groups is 1. The fourth-order valence-corrected chi connectivity index (χ4v) is 12.0. The Balaban J connectivity index is 0.000000152. The number of benzene rings is 5. The first kappa shape index (κ1) is 78.2. The predicted molar refractivity (Wildman–Crippen MR) is 397 cm³/mol. The van der Waals surface area contributed by atoms with E-state index in [1.54, 1.807) is 121 Å². The number of anilines is 8. The number of amides is 5. The van der Waals surface area contributed by atoms with Crippen LogP contribution in [0.3, 0.4) is 0 Å². The molecule has 8 heterocycles. The molecule has 0 radical (unpaired) electrons. The zero-order valence-electron chi connectivity index (χ0n) is 57.9. The maximum atomic E-state index is 12.2. The van der Waals surface area contributed by atoms with Crippen LogP contribution in [0.2, 0.25) is 0 Å². The number of sulfone groups is 1. The van der Waals surface area contributed by atoms with E-state index in [1.807, 2.05) is 18.2 Å². The molecule has 5 amide bonds. The number of phenolic OH excluding ortho intramolecular Hbond substituents is 5. The molecular formula is C72H85N13O18S2. The molecule has 5 fully saturated rings. The number of thiazole rings is 1. The number of rotatable bonds is 17. The van der Waals surface area contributed by atoms with Crippen molar-refractivity contribution in [2.75, 3.05) is 198 Å². The van der Waals surface area contributed by atoms with Crippen LogP contribution in [0.25, 0.3) is 0 Å². The smallest absolute Gasteiger partial charge is 0.278 e. The lowest BCUT2D eigenvalue weighted by Crippen LogP contribution is -2.36. The van der Waals surface area contributed by atoms with Crippen LogP contribution < -0.4 is 51.2 Å². The number of nitrogens with zero attached hydrogens (tertiary/aromatic N) is 8. The quantitative estimate of drug-likeness (QED) is 0.0453. The van der Waals surface area contributed by atoms with Crippen molar-refractivity contribution in [3.05, 3.63) is 179 Å². The van der Waals surface area contributed by atoms with E-state index in [0.717, 1.165) is 100 Å². The molecule has 0 aliphatic carbocycles. The molecule has 0 unspecified atom stereocenters. The van der Waals surface area contributed by atoms with Crippen molar-refractivity contribution in [1.82, 2.24) is 25.7 Å². The van der Waals surface area contributed by atoms with E-state index in [4.69, 9.17) is 23.7 Å². The molecule has 0 spiro atoms. The summed E-state index contributed by atoms with van der Waals surface area (Å²) in [5, 5.41) is 63.1. The van der Waals surface area contributed by atoms with Crippen LogP contribution in [0.5, 0.6) is 28.7 Å². The highest BCUT2D eigenvalue weighted by Gasteiger charge is 2.23. The van der Waals surface area contributed by atoms with Crippen LogP contribution in [0.15, 0.2) is 152 Å². The molecule has 5 aliphatic heterocycles. The van der Waals surface area contributed by atoms with Gasteiger partial charge in [0.15, 0.2) is 5.13 Å². The van der Waals surface area contributed by atoms with Gasteiger partial charge in [0.25, 0.3) is 29.5 Å². The number of pyridine rings is 2. The number of carbonyl (C=O) groups is 5. The lowest BCUT2D eigenvalue weighted by molar-refractivity contribution is 0.0534. The minimum atomic E-state index is -3.13. The number of aromatic nitrogens is 3. The van der Waals surface area contributed by atoms with Crippen molar-refractivity contribution in [2.45, 2.75) is 0 Å². The molecule has 5 aliphatic rings. The number of hydrogen-bond acceptors (Lipinski definition) is 27. The molecule has 558 valence electrons. The number of phenols is 5. The van der Waals surface area contributed by atoms with Crippen LogP contribution in [-0.4, -0.2) is 236 Å². The first-order valence-corrected chi connectivity index (χ1v) is 36.5. The number of carbonyl (C=O) groups excluding carboxylic acids is 5. The van der Waals surface area contributed by atoms with Gasteiger partial charge in [0.1, 0.15) is 38.6 Å². The Hall–Kier alpha value is -10.9. The van der Waals surface area contributed by atoms with E-state index in [9.17, 15) is 57.9 Å². The topological polar surface area (TPSA) is 391 Å². The zero-order valence-corrected chi connectivity index (χ0v) is 59.6. The van der Waals surface area contributed by atoms with Gasteiger partial charge in [0.2, 0.25) is 0 Å². The lowest BCUT2D eigenvalue weighted by atomic mass is 10.1. The normalized spacial score (nSPS) is 15.0. The van der Waals surface area contributed by atoms with Crippen molar-refractivity contribution in [3.8, 4) is 28.7 Å². The number of nitrogens with one attached hydrogen (secondary N) is 5. The molecule has 10 N–H and O–H groups in total. The maximum Gasteiger partial charge on any atom is 0.278 e. The second-order valence-electron chi connectivity index (χ2n) is 23.7. The molecule has 8 aromatic rings. The van der Waals surface area contributed by atoms with Crippen LogP contribution in [0.4, 0.5) is 44.9 Å². The van der Waals surface area contributed by atoms with Crippen LogP contribution in [-0.2, 0) is 38.4 Å². The van der Waals surface area contributed by atoms with Gasteiger partial charge in [-0.2, -0.15) is 0 Å². The average Bonchev–Trinajstić information content (AvgIpc) is 1.20. The Morgan fingerprint density at radius 2 is 0.781 bits per heavy atom. The van der Waals surface area contributed by atoms with Crippen LogP contribution >= 0.6 is 11.3 Å². The van der Waals surface area contributed by atoms with Gasteiger partial charge in [-0.1, -0.05) is 0 Å². The third-order valence-corrected chi connectivity index (χ3v) is 18.1. The number of hydrogen-bond donors (Lipinski definition) is 10. The third-order valence-electron chi connectivity index (χ3n) is 16.5. The maximum absolute atomic E-state index is 12.2. The van der Waals surface area contributed by atoms with Gasteiger partial charge in [-0.25, -0.2) is 18.9 Å². The summed E-state index contributed by atoms with van der Waals surface area (Å²) in [5.74, 6) is -2.46. The van der Waals surface area contributed by atoms with E-state index >= 15 is 0 Å². The number of aromatic hydroxyl groups is 5. The van der Waals surface area contributed by atoms with Crippen molar-refractivity contribution >= 4 is 95.7 Å². The minimum Gasteiger partial charge on any atom is -0.507 e. The SMILES string of the molecule is CONC(=O)c1ccc(N2CCOCC2)cc1O.CS(=O)(=O)CCNC(=O)c1ccc(N2CCOCC2)cc1O.O=C(Nc1cccnc1)c1ccc(N2CCOCC2)cc1O.O=C(Nc1ccncc1)c1ccc(N2CCOCC2)cc1O.O=C(Nc1nccs1)c1ccc(N2CCOCC2)cc1O. The third kappa shape index (κ3) is 24.1. The fourth-order valence-electron chi connectivity index (χ4n) is 11.0. The molecule has 0 atom stereocenters. The fraction of sp³-hybridized carbons (Fsp3) is 0.333. The molecule has 0 saturated carbocycles. The predicted octanol–water partition coefficient (Wildman–Crippen LogP) is 6.21. The standard InChI is InChI=1S/2C16H17N3O3.C14H15N3O3S.C14H20N2O5S.C12H16N2O4/c20-15-11-13(19-7-9-22-10-8-19)1-2-14(15)16(21)18-12-3-5-17-6-4-12;20-15-10-13(19-6-8-22-9-7-19)3-4-14(15)16(21)18-12-2-1-5-17-11-12;18-12-9-10(17-4-6-20-7-5-17)1-2-11(12)13(19)16-14-15-3-8-21-14;1-22(19,20)9-4-15-14(18)12-3-2-11(10-13(12)17)16-5-7-21-8-6-16;1-17-13-12(16)10-3-2-9(8-11(10)15)14-4-6-18-7-5-14/h1-6,11,20H,7-10H2,(H,17,18,21);1-5,10-11,20H,6-9H2,(H,18,21);1-3,8-9,18H,4-7H2,(H,15,16,19);2-3,10,17H,4-9H2,1H3,(H,15,18);2-3,8,15H,4-7H2,1H3,(H,13,16). The van der Waals surface area contributed by atoms with Crippen molar-refractivity contribution < 1.29 is 86.4 Å². The molecule has 13 rings (SSSR count). The highest BCUT2D eigenvalue weighted by atomic mass is 32.2. The van der Waals surface area contributed by atoms with Gasteiger partial charge >= 0.3 is 0 Å². The van der Waals surface area contributed by atoms with Crippen molar-refractivity contribution in [2.24, 2.45) is 0 Å². The summed E-state index contributed by atoms with van der Waals surface area (Å²) in [6.45, 7) is 14.4. The first-order valence-electron chi connectivity index (χ1n) is 33.5. The first-order chi connectivity index (χ1) is 50.8. The lowest BCUT2D eigenvalue weighted by Gasteiger charge is -2.29. The van der Waals surface area contributed by atoms with Gasteiger partial charge in [0.05, 0.1) is 119 Å². The summed E-state index contributed by atoms with van der Waals surface area (Å²) in [6, 6.07) is 31.9. The van der Waals surface area contributed by atoms with E-state index in [1.165, 1.54) is 30.6 Å². The Kier molecular flexibility index (Phi) is 29.5. The molecule has 0 bridgehead atoms. The van der Waals surface area contributed by atoms with E-state index in [0.29, 0.717) is 82.6 Å². The van der Waals surface area contributed by atoms with E-state index in [-0.39, 0.29) is 86.6 Å². The second kappa shape index (κ2) is 39.7. The summed E-state index contributed by atoms with van der Waals surface area (Å²) in [5.41, 5.74) is 8.81. The van der Waals surface area contributed by atoms with Gasteiger partial charge < -0.3 is 89.7 Å². The second-order valence-corrected chi connectivity index (χ2v) is 26.9. The van der Waals surface area contributed by atoms with E-state index in [2.05, 4.69) is 71.0 Å². The molecule has 31 nitrogen and oxygen atoms in total. The Labute approximate surface area is 610 Å². The summed E-state index contributed by atoms with van der Waals surface area (Å²) >= 11 is 1.33. The van der Waals surface area contributed by atoms with E-state index < -0.39 is 21.7 Å². The van der Waals surface area contributed by atoms with Crippen LogP contribution in [0, 0.1) is 0 Å². The van der Waals surface area contributed by atoms with Gasteiger partial charge in [0, 0.05) is 173 Å². The summed E-state index contributed by atoms with van der Waals surface area (Å²) < 4.78 is 48.5. The Morgan fingerprint density at radius 1 is 0.438 bits per heavy atom. The Morgan fingerprint density at radius 3 is 1.10 bits per heavy atom. The van der Waals surface area contributed by atoms with Crippen LogP contribution in [0.1, 0.15) is 51.8 Å². The monoisotopic (exact) mass is 1480 g/mol. The zero-order chi connectivity index (χ0) is 74.5. The summed E-state index contributed by atoms with van der Waals surface area (Å²) in [6.07, 6.45) is 9.09. The molecule has 5 saturated heterocycles. The number of morpholine rings is 5. The molecule has 105 heavy (non-hydrogen) atoms. The summed E-state index contributed by atoms with van der Waals surface area (Å²) in [4.78, 5) is 86.8. The van der Waals surface area contributed by atoms with Gasteiger partial charge in [-0.15, -0.1) is 11.3 Å². The molecular weight excluding hydrogens is 1400 g/mol. The highest BCUT2D eigenvalue weighted by molar-refractivity contribution is 7.90. The molecule has 5 aromatic carbocycles. The minimum absolute atomic E-state index is 0.0162. The summed E-state index contributed by atoms with van der Waals surface area (Å²) in [7, 11) is -1.78. The Bertz CT molecular complexity index is 4140. The largest absolute Gasteiger partial charge is 0.507 e. The average molecular weight is 1480 g/mol. The highest BCUT2D eigenvalue weighted by Crippen LogP contribution is 2.31. The number of ether oxygens (including phenoxy) is 5. The van der Waals surface area contributed by atoms with Crippen molar-refractivity contribution in [1.29, 1.82) is 0 Å². The molecule has 3 aromatic heterocycles.